The first-order valence-corrected chi connectivity index (χ1v) is 8.02. The molecule has 3 rings (SSSR count). The number of anilines is 1. The zero-order valence-corrected chi connectivity index (χ0v) is 14.0. The highest BCUT2D eigenvalue weighted by molar-refractivity contribution is 6.35. The van der Waals surface area contributed by atoms with E-state index in [9.17, 15) is 14.4 Å². The Morgan fingerprint density at radius 1 is 1.16 bits per heavy atom. The Balaban J connectivity index is 1.70. The molecule has 1 aliphatic heterocycles. The van der Waals surface area contributed by atoms with E-state index < -0.39 is 17.9 Å². The first kappa shape index (κ1) is 16.8. The molecule has 1 atom stereocenters. The summed E-state index contributed by atoms with van der Waals surface area (Å²) in [5, 5.41) is 4.99. The van der Waals surface area contributed by atoms with Crippen molar-refractivity contribution in [2.75, 3.05) is 4.90 Å². The molecule has 2 aromatic rings. The Labute approximate surface area is 145 Å². The predicted molar refractivity (Wildman–Crippen MR) is 90.5 cm³/mol. The number of hydrogen-bond acceptors (Lipinski definition) is 4. The molecule has 7 nitrogen and oxygen atoms in total. The van der Waals surface area contributed by atoms with Crippen molar-refractivity contribution < 1.29 is 18.8 Å². The summed E-state index contributed by atoms with van der Waals surface area (Å²) in [7, 11) is 0. The Bertz CT molecular complexity index is 798. The van der Waals surface area contributed by atoms with E-state index in [2.05, 4.69) is 10.6 Å². The van der Waals surface area contributed by atoms with E-state index in [-0.39, 0.29) is 18.5 Å². The quantitative estimate of drug-likeness (QED) is 0.825. The summed E-state index contributed by atoms with van der Waals surface area (Å²) in [6.45, 7) is 3.90. The van der Waals surface area contributed by atoms with Crippen LogP contribution in [0.5, 0.6) is 0 Å². The molecule has 7 heteroatoms. The monoisotopic (exact) mass is 341 g/mol. The maximum atomic E-state index is 12.7. The van der Waals surface area contributed by atoms with Gasteiger partial charge in [-0.2, -0.15) is 0 Å². The first-order chi connectivity index (χ1) is 12.0. The van der Waals surface area contributed by atoms with Crippen LogP contribution in [0.1, 0.15) is 31.2 Å². The zero-order valence-electron chi connectivity index (χ0n) is 14.0. The molecule has 1 aliphatic rings. The van der Waals surface area contributed by atoms with E-state index in [4.69, 9.17) is 4.42 Å². The van der Waals surface area contributed by atoms with Crippen molar-refractivity contribution in [2.24, 2.45) is 0 Å². The maximum absolute atomic E-state index is 12.7. The van der Waals surface area contributed by atoms with Gasteiger partial charge >= 0.3 is 11.8 Å². The molecule has 2 N–H and O–H groups in total. The van der Waals surface area contributed by atoms with Gasteiger partial charge in [-0.3, -0.25) is 14.4 Å². The van der Waals surface area contributed by atoms with Crippen LogP contribution in [0.4, 0.5) is 5.69 Å². The molecule has 25 heavy (non-hydrogen) atoms. The first-order valence-electron chi connectivity index (χ1n) is 8.02. The number of benzene rings is 1. The van der Waals surface area contributed by atoms with Gasteiger partial charge in [-0.25, -0.2) is 0 Å². The van der Waals surface area contributed by atoms with Crippen molar-refractivity contribution in [2.45, 2.75) is 32.5 Å². The minimum Gasteiger partial charge on any atom is -0.467 e. The number of carbonyl (C=O) groups excluding carboxylic acids is 3. The van der Waals surface area contributed by atoms with Crippen LogP contribution in [-0.2, 0) is 20.9 Å². The van der Waals surface area contributed by atoms with Gasteiger partial charge in [0.15, 0.2) is 0 Å². The largest absolute Gasteiger partial charge is 0.467 e. The second-order valence-corrected chi connectivity index (χ2v) is 6.03. The van der Waals surface area contributed by atoms with Gasteiger partial charge in [0.2, 0.25) is 0 Å². The van der Waals surface area contributed by atoms with Gasteiger partial charge in [0, 0.05) is 17.3 Å². The highest BCUT2D eigenvalue weighted by Crippen LogP contribution is 2.36. The highest BCUT2D eigenvalue weighted by atomic mass is 16.3. The minimum atomic E-state index is -0.861. The van der Waals surface area contributed by atoms with Gasteiger partial charge < -0.3 is 20.0 Å². The van der Waals surface area contributed by atoms with E-state index >= 15 is 0 Å². The molecule has 0 saturated carbocycles. The fourth-order valence-electron chi connectivity index (χ4n) is 2.87. The fourth-order valence-corrected chi connectivity index (χ4v) is 2.87. The van der Waals surface area contributed by atoms with Crippen LogP contribution < -0.4 is 15.5 Å². The van der Waals surface area contributed by atoms with Gasteiger partial charge in [0.1, 0.15) is 11.8 Å². The SMILES string of the molecule is CC(C)N1C(=O)[C@@H](NC(=O)C(=O)NCc2ccco2)c2ccccc21. The summed E-state index contributed by atoms with van der Waals surface area (Å²) in [6.07, 6.45) is 1.48. The van der Waals surface area contributed by atoms with Crippen LogP contribution in [0.25, 0.3) is 0 Å². The summed E-state index contributed by atoms with van der Waals surface area (Å²) in [5.74, 6) is -1.38. The molecular formula is C18H19N3O4. The molecule has 0 radical (unpaired) electrons. The lowest BCUT2D eigenvalue weighted by Crippen LogP contribution is -2.45. The van der Waals surface area contributed by atoms with E-state index in [0.29, 0.717) is 11.3 Å². The van der Waals surface area contributed by atoms with Crippen molar-refractivity contribution >= 4 is 23.4 Å². The molecule has 2 heterocycles. The number of rotatable bonds is 4. The lowest BCUT2D eigenvalue weighted by molar-refractivity contribution is -0.140. The molecule has 1 aromatic carbocycles. The van der Waals surface area contributed by atoms with Crippen LogP contribution in [0.3, 0.4) is 0 Å². The van der Waals surface area contributed by atoms with E-state index in [1.54, 1.807) is 29.2 Å². The number of fused-ring (bicyclic) bond motifs is 1. The number of carbonyl (C=O) groups is 3. The molecule has 0 spiro atoms. The second kappa shape index (κ2) is 6.80. The molecule has 3 amide bonds. The number of para-hydroxylation sites is 1. The summed E-state index contributed by atoms with van der Waals surface area (Å²) < 4.78 is 5.09. The molecule has 130 valence electrons. The second-order valence-electron chi connectivity index (χ2n) is 6.03. The molecule has 0 fully saturated rings. The predicted octanol–water partition coefficient (Wildman–Crippen LogP) is 1.51. The van der Waals surface area contributed by atoms with E-state index in [1.807, 2.05) is 26.0 Å². The van der Waals surface area contributed by atoms with Crippen molar-refractivity contribution in [3.05, 3.63) is 54.0 Å². The molecule has 1 aromatic heterocycles. The lowest BCUT2D eigenvalue weighted by atomic mass is 10.1. The molecule has 0 saturated heterocycles. The standard InChI is InChI=1S/C18H19N3O4/c1-11(2)21-14-8-4-3-7-13(14)15(18(21)24)20-17(23)16(22)19-10-12-6-5-9-25-12/h3-9,11,15H,10H2,1-2H3,(H,19,22)(H,20,23)/t15-/m0/s1. The third kappa shape index (κ3) is 3.26. The number of amides is 3. The third-order valence-electron chi connectivity index (χ3n) is 3.99. The number of nitrogens with zero attached hydrogens (tertiary/aromatic N) is 1. The zero-order chi connectivity index (χ0) is 18.0. The maximum Gasteiger partial charge on any atom is 0.310 e. The topological polar surface area (TPSA) is 91.7 Å². The van der Waals surface area contributed by atoms with Crippen molar-refractivity contribution in [1.82, 2.24) is 10.6 Å². The fraction of sp³-hybridized carbons (Fsp3) is 0.278. The Hall–Kier alpha value is -3.09. The Kier molecular flexibility index (Phi) is 4.56. The summed E-state index contributed by atoms with van der Waals surface area (Å²) in [4.78, 5) is 38.4. The lowest BCUT2D eigenvalue weighted by Gasteiger charge is -2.22. The van der Waals surface area contributed by atoms with Crippen LogP contribution in [0.2, 0.25) is 0 Å². The average molecular weight is 341 g/mol. The summed E-state index contributed by atoms with van der Waals surface area (Å²) >= 11 is 0. The van der Waals surface area contributed by atoms with Crippen molar-refractivity contribution in [3.8, 4) is 0 Å². The van der Waals surface area contributed by atoms with Crippen molar-refractivity contribution in [1.29, 1.82) is 0 Å². The molecule has 0 bridgehead atoms. The number of nitrogens with one attached hydrogen (secondary N) is 2. The van der Waals surface area contributed by atoms with Crippen LogP contribution in [-0.4, -0.2) is 23.8 Å². The molecule has 0 unspecified atom stereocenters. The van der Waals surface area contributed by atoms with Gasteiger partial charge in [-0.15, -0.1) is 0 Å². The smallest absolute Gasteiger partial charge is 0.310 e. The molecule has 0 aliphatic carbocycles. The Morgan fingerprint density at radius 2 is 1.92 bits per heavy atom. The van der Waals surface area contributed by atoms with Gasteiger partial charge in [-0.1, -0.05) is 18.2 Å². The number of furan rings is 1. The van der Waals surface area contributed by atoms with Crippen LogP contribution in [0, 0.1) is 0 Å². The van der Waals surface area contributed by atoms with E-state index in [1.165, 1.54) is 6.26 Å². The minimum absolute atomic E-state index is 0.0525. The van der Waals surface area contributed by atoms with E-state index in [0.717, 1.165) is 5.69 Å². The van der Waals surface area contributed by atoms with Gasteiger partial charge in [-0.05, 0) is 32.0 Å². The number of hydrogen-bond donors (Lipinski definition) is 2. The average Bonchev–Trinajstić information content (AvgIpc) is 3.19. The molecular weight excluding hydrogens is 322 g/mol. The van der Waals surface area contributed by atoms with Crippen molar-refractivity contribution in [3.63, 3.8) is 0 Å². The van der Waals surface area contributed by atoms with Crippen LogP contribution in [0.15, 0.2) is 47.1 Å². The van der Waals surface area contributed by atoms with Crippen LogP contribution >= 0.6 is 0 Å². The Morgan fingerprint density at radius 3 is 2.60 bits per heavy atom. The highest BCUT2D eigenvalue weighted by Gasteiger charge is 2.39. The summed E-state index contributed by atoms with van der Waals surface area (Å²) in [6, 6.07) is 9.71. The van der Waals surface area contributed by atoms with Gasteiger partial charge in [0.05, 0.1) is 12.8 Å². The third-order valence-corrected chi connectivity index (χ3v) is 3.99. The normalized spacial score (nSPS) is 16.0. The van der Waals surface area contributed by atoms with Gasteiger partial charge in [0.25, 0.3) is 5.91 Å². The summed E-state index contributed by atoms with van der Waals surface area (Å²) in [5.41, 5.74) is 1.44.